The Morgan fingerprint density at radius 3 is 2.56 bits per heavy atom. The predicted molar refractivity (Wildman–Crippen MR) is 46.7 cm³/mol. The molecular formula is C8H7F3N2O3. The van der Waals surface area contributed by atoms with E-state index in [1.54, 1.807) is 0 Å². The van der Waals surface area contributed by atoms with Crippen LogP contribution < -0.4 is 10.5 Å². The lowest BCUT2D eigenvalue weighted by Crippen LogP contribution is -2.19. The molecule has 16 heavy (non-hydrogen) atoms. The quantitative estimate of drug-likeness (QED) is 0.784. The maximum atomic E-state index is 11.9. The first-order valence-electron chi connectivity index (χ1n) is 3.93. The van der Waals surface area contributed by atoms with Crippen molar-refractivity contribution < 1.29 is 27.4 Å². The van der Waals surface area contributed by atoms with Crippen LogP contribution >= 0.6 is 0 Å². The van der Waals surface area contributed by atoms with Crippen molar-refractivity contribution in [3.05, 3.63) is 17.8 Å². The zero-order valence-corrected chi connectivity index (χ0v) is 8.04. The molecule has 0 amide bonds. The molecule has 1 heterocycles. The van der Waals surface area contributed by atoms with Crippen LogP contribution in [0, 0.1) is 0 Å². The van der Waals surface area contributed by atoms with Gasteiger partial charge in [0.1, 0.15) is 0 Å². The van der Waals surface area contributed by atoms with Gasteiger partial charge in [-0.3, -0.25) is 0 Å². The maximum absolute atomic E-state index is 11.9. The average molecular weight is 236 g/mol. The maximum Gasteiger partial charge on any atom is 0.574 e. The third-order valence-corrected chi connectivity index (χ3v) is 1.44. The number of anilines is 1. The minimum absolute atomic E-state index is 0.0883. The summed E-state index contributed by atoms with van der Waals surface area (Å²) in [6.07, 6.45) is -4.89. The van der Waals surface area contributed by atoms with E-state index in [2.05, 4.69) is 14.5 Å². The van der Waals surface area contributed by atoms with Gasteiger partial charge in [-0.25, -0.2) is 9.78 Å². The van der Waals surface area contributed by atoms with Gasteiger partial charge in [-0.05, 0) is 6.07 Å². The van der Waals surface area contributed by atoms with E-state index in [-0.39, 0.29) is 11.4 Å². The third-order valence-electron chi connectivity index (χ3n) is 1.44. The molecule has 0 atom stereocenters. The minimum Gasteiger partial charge on any atom is -0.464 e. The summed E-state index contributed by atoms with van der Waals surface area (Å²) >= 11 is 0. The second-order valence-electron chi connectivity index (χ2n) is 2.66. The van der Waals surface area contributed by atoms with Crippen molar-refractivity contribution >= 4 is 11.7 Å². The molecule has 0 spiro atoms. The predicted octanol–water partition coefficient (Wildman–Crippen LogP) is 1.35. The number of pyridine rings is 1. The number of carbonyl (C=O) groups excluding carboxylic acids is 1. The van der Waals surface area contributed by atoms with E-state index in [0.29, 0.717) is 0 Å². The van der Waals surface area contributed by atoms with Crippen LogP contribution in [0.1, 0.15) is 10.5 Å². The van der Waals surface area contributed by atoms with Gasteiger partial charge in [0.25, 0.3) is 0 Å². The molecule has 0 aliphatic carbocycles. The molecule has 0 radical (unpaired) electrons. The number of nitrogens with two attached hydrogens (primary N) is 1. The van der Waals surface area contributed by atoms with E-state index in [0.717, 1.165) is 19.2 Å². The Morgan fingerprint density at radius 2 is 2.06 bits per heavy atom. The number of nitrogen functional groups attached to an aromatic ring is 1. The van der Waals surface area contributed by atoms with Crippen LogP contribution in [-0.4, -0.2) is 24.4 Å². The van der Waals surface area contributed by atoms with E-state index in [1.165, 1.54) is 0 Å². The lowest BCUT2D eigenvalue weighted by Gasteiger charge is -2.09. The Labute approximate surface area is 88.0 Å². The molecule has 0 aliphatic rings. The standard InChI is InChI=1S/C8H7F3N2O3/c1-15-7(14)5-2-4(12)3-6(13-5)16-8(9,10)11/h2-3H,1H3,(H2,12,13). The number of esters is 1. The van der Waals surface area contributed by atoms with Crippen LogP contribution in [0.15, 0.2) is 12.1 Å². The van der Waals surface area contributed by atoms with Crippen molar-refractivity contribution in [1.82, 2.24) is 4.98 Å². The van der Waals surface area contributed by atoms with Gasteiger partial charge in [0.05, 0.1) is 7.11 Å². The van der Waals surface area contributed by atoms with Crippen LogP contribution in [0.2, 0.25) is 0 Å². The number of alkyl halides is 3. The summed E-state index contributed by atoms with van der Waals surface area (Å²) in [6.45, 7) is 0. The number of hydrogen-bond donors (Lipinski definition) is 1. The first kappa shape index (κ1) is 12.1. The average Bonchev–Trinajstić information content (AvgIpc) is 2.12. The smallest absolute Gasteiger partial charge is 0.464 e. The molecule has 1 aromatic heterocycles. The number of halogens is 3. The van der Waals surface area contributed by atoms with Gasteiger partial charge < -0.3 is 15.2 Å². The van der Waals surface area contributed by atoms with Crippen molar-refractivity contribution in [2.75, 3.05) is 12.8 Å². The van der Waals surface area contributed by atoms with Crippen LogP contribution in [0.25, 0.3) is 0 Å². The van der Waals surface area contributed by atoms with Crippen molar-refractivity contribution in [2.24, 2.45) is 0 Å². The van der Waals surface area contributed by atoms with Gasteiger partial charge in [0.2, 0.25) is 5.88 Å². The van der Waals surface area contributed by atoms with Crippen molar-refractivity contribution in [1.29, 1.82) is 0 Å². The molecule has 0 fully saturated rings. The number of carbonyl (C=O) groups is 1. The fraction of sp³-hybridized carbons (Fsp3) is 0.250. The van der Waals surface area contributed by atoms with Gasteiger partial charge in [0.15, 0.2) is 5.69 Å². The van der Waals surface area contributed by atoms with Crippen LogP contribution in [-0.2, 0) is 4.74 Å². The Kier molecular flexibility index (Phi) is 3.21. The molecule has 0 aliphatic heterocycles. The number of rotatable bonds is 2. The summed E-state index contributed by atoms with van der Waals surface area (Å²) in [6, 6.07) is 1.93. The summed E-state index contributed by atoms with van der Waals surface area (Å²) in [4.78, 5) is 14.3. The molecule has 88 valence electrons. The SMILES string of the molecule is COC(=O)c1cc(N)cc(OC(F)(F)F)n1. The van der Waals surface area contributed by atoms with Crippen LogP contribution in [0.3, 0.4) is 0 Å². The zero-order valence-electron chi connectivity index (χ0n) is 8.04. The monoisotopic (exact) mass is 236 g/mol. The van der Waals surface area contributed by atoms with Crippen LogP contribution in [0.4, 0.5) is 18.9 Å². The molecule has 2 N–H and O–H groups in total. The van der Waals surface area contributed by atoms with Gasteiger partial charge in [-0.15, -0.1) is 13.2 Å². The summed E-state index contributed by atoms with van der Waals surface area (Å²) in [5.41, 5.74) is 4.83. The highest BCUT2D eigenvalue weighted by atomic mass is 19.4. The molecular weight excluding hydrogens is 229 g/mol. The van der Waals surface area contributed by atoms with Crippen molar-refractivity contribution in [3.63, 3.8) is 0 Å². The Bertz CT molecular complexity index is 406. The fourth-order valence-corrected chi connectivity index (χ4v) is 0.905. The lowest BCUT2D eigenvalue weighted by molar-refractivity contribution is -0.276. The molecule has 0 saturated carbocycles. The minimum atomic E-state index is -4.89. The topological polar surface area (TPSA) is 74.4 Å². The lowest BCUT2D eigenvalue weighted by atomic mass is 10.3. The van der Waals surface area contributed by atoms with E-state index >= 15 is 0 Å². The number of methoxy groups -OCH3 is 1. The van der Waals surface area contributed by atoms with Gasteiger partial charge in [-0.2, -0.15) is 0 Å². The highest BCUT2D eigenvalue weighted by Gasteiger charge is 2.32. The van der Waals surface area contributed by atoms with Crippen molar-refractivity contribution in [2.45, 2.75) is 6.36 Å². The largest absolute Gasteiger partial charge is 0.574 e. The molecule has 1 aromatic rings. The normalized spacial score (nSPS) is 11.0. The van der Waals surface area contributed by atoms with E-state index < -0.39 is 18.2 Å². The van der Waals surface area contributed by atoms with Gasteiger partial charge >= 0.3 is 12.3 Å². The molecule has 5 nitrogen and oxygen atoms in total. The fourth-order valence-electron chi connectivity index (χ4n) is 0.905. The molecule has 1 rings (SSSR count). The van der Waals surface area contributed by atoms with Gasteiger partial charge in [-0.1, -0.05) is 0 Å². The second kappa shape index (κ2) is 4.25. The Morgan fingerprint density at radius 1 is 1.44 bits per heavy atom. The zero-order chi connectivity index (χ0) is 12.3. The Hall–Kier alpha value is -1.99. The van der Waals surface area contributed by atoms with E-state index in [4.69, 9.17) is 5.73 Å². The number of aromatic nitrogens is 1. The first-order chi connectivity index (χ1) is 7.31. The molecule has 8 heteroatoms. The highest BCUT2D eigenvalue weighted by Crippen LogP contribution is 2.23. The Balaban J connectivity index is 3.03. The second-order valence-corrected chi connectivity index (χ2v) is 2.66. The molecule has 0 saturated heterocycles. The summed E-state index contributed by atoms with van der Waals surface area (Å²) < 4.78 is 43.4. The number of hydrogen-bond acceptors (Lipinski definition) is 5. The number of nitrogens with zero attached hydrogens (tertiary/aromatic N) is 1. The van der Waals surface area contributed by atoms with E-state index in [9.17, 15) is 18.0 Å². The molecule has 0 aromatic carbocycles. The molecule has 0 bridgehead atoms. The summed E-state index contributed by atoms with van der Waals surface area (Å²) in [5.74, 6) is -1.72. The van der Waals surface area contributed by atoms with Crippen molar-refractivity contribution in [3.8, 4) is 5.88 Å². The summed E-state index contributed by atoms with van der Waals surface area (Å²) in [5, 5.41) is 0. The molecule has 0 unspecified atom stereocenters. The summed E-state index contributed by atoms with van der Waals surface area (Å²) in [7, 11) is 1.07. The van der Waals surface area contributed by atoms with Gasteiger partial charge in [0, 0.05) is 11.8 Å². The third kappa shape index (κ3) is 3.30. The first-order valence-corrected chi connectivity index (χ1v) is 3.93. The highest BCUT2D eigenvalue weighted by molar-refractivity contribution is 5.88. The van der Waals surface area contributed by atoms with Crippen LogP contribution in [0.5, 0.6) is 5.88 Å². The van der Waals surface area contributed by atoms with E-state index in [1.807, 2.05) is 0 Å². The number of ether oxygens (including phenoxy) is 2.